The molecule has 1 heterocycles. The highest BCUT2D eigenvalue weighted by Crippen LogP contribution is 2.18. The van der Waals surface area contributed by atoms with Crippen LogP contribution in [0.25, 0.3) is 0 Å². The summed E-state index contributed by atoms with van der Waals surface area (Å²) in [5.74, 6) is 0.586. The Hall–Kier alpha value is -2.64. The van der Waals surface area contributed by atoms with Crippen molar-refractivity contribution in [3.8, 4) is 5.75 Å². The van der Waals surface area contributed by atoms with E-state index in [1.807, 2.05) is 13.0 Å². The van der Waals surface area contributed by atoms with E-state index in [1.165, 1.54) is 6.07 Å². The van der Waals surface area contributed by atoms with E-state index in [0.717, 1.165) is 43.6 Å². The third-order valence-corrected chi connectivity index (χ3v) is 5.41. The molecule has 1 unspecified atom stereocenters. The van der Waals surface area contributed by atoms with Gasteiger partial charge in [0.05, 0.1) is 19.3 Å². The number of aliphatic imine (C=N–C) groups is 1. The second-order valence-corrected chi connectivity index (χ2v) is 7.83. The fourth-order valence-corrected chi connectivity index (χ4v) is 3.49. The van der Waals surface area contributed by atoms with E-state index in [-0.39, 0.29) is 23.8 Å². The molecule has 2 aromatic rings. The number of para-hydroxylation sites is 1. The zero-order valence-electron chi connectivity index (χ0n) is 19.0. The first-order valence-electron chi connectivity index (χ1n) is 11.3. The van der Waals surface area contributed by atoms with Gasteiger partial charge >= 0.3 is 0 Å². The van der Waals surface area contributed by atoms with Crippen molar-refractivity contribution in [1.29, 1.82) is 0 Å². The average Bonchev–Trinajstić information content (AvgIpc) is 2.84. The van der Waals surface area contributed by atoms with Crippen molar-refractivity contribution in [2.24, 2.45) is 4.99 Å². The van der Waals surface area contributed by atoms with Crippen LogP contribution in [0.1, 0.15) is 37.3 Å². The summed E-state index contributed by atoms with van der Waals surface area (Å²) < 4.78 is 31.1. The number of nitrogens with one attached hydrogen (secondary N) is 2. The molecule has 0 spiro atoms. The van der Waals surface area contributed by atoms with E-state index < -0.39 is 0 Å². The van der Waals surface area contributed by atoms with Crippen LogP contribution in [0.3, 0.4) is 0 Å². The Morgan fingerprint density at radius 1 is 1.12 bits per heavy atom. The summed E-state index contributed by atoms with van der Waals surface area (Å²) in [6.07, 6.45) is 2.78. The fraction of sp³-hybridized carbons (Fsp3) is 0.480. The molecule has 1 saturated heterocycles. The number of rotatable bonds is 10. The lowest BCUT2D eigenvalue weighted by Gasteiger charge is -2.22. The zero-order chi connectivity index (χ0) is 22.6. The molecular formula is C25H34FN3O3. The maximum Gasteiger partial charge on any atom is 0.191 e. The van der Waals surface area contributed by atoms with Crippen molar-refractivity contribution in [2.75, 3.05) is 26.8 Å². The minimum atomic E-state index is -0.353. The SMILES string of the molecule is CCC(CNC(=NC)NCc1cccc(COC2CCOCC2)c1)Oc1ccccc1F. The van der Waals surface area contributed by atoms with E-state index >= 15 is 0 Å². The summed E-state index contributed by atoms with van der Waals surface area (Å²) in [6, 6.07) is 14.8. The van der Waals surface area contributed by atoms with Crippen molar-refractivity contribution in [1.82, 2.24) is 10.6 Å². The minimum Gasteiger partial charge on any atom is -0.486 e. The minimum absolute atomic E-state index is 0.170. The highest BCUT2D eigenvalue weighted by atomic mass is 19.1. The number of hydrogen-bond acceptors (Lipinski definition) is 4. The lowest BCUT2D eigenvalue weighted by Crippen LogP contribution is -2.42. The van der Waals surface area contributed by atoms with Crippen LogP contribution in [0.15, 0.2) is 53.5 Å². The van der Waals surface area contributed by atoms with E-state index in [0.29, 0.717) is 25.7 Å². The van der Waals surface area contributed by atoms with Gasteiger partial charge < -0.3 is 24.8 Å². The lowest BCUT2D eigenvalue weighted by molar-refractivity contribution is -0.0390. The van der Waals surface area contributed by atoms with Crippen molar-refractivity contribution >= 4 is 5.96 Å². The molecule has 0 saturated carbocycles. The maximum atomic E-state index is 13.9. The molecule has 2 N–H and O–H groups in total. The van der Waals surface area contributed by atoms with Crippen LogP contribution in [-0.4, -0.2) is 45.0 Å². The van der Waals surface area contributed by atoms with Gasteiger partial charge in [0, 0.05) is 26.8 Å². The molecule has 0 aliphatic carbocycles. The molecule has 1 atom stereocenters. The fourth-order valence-electron chi connectivity index (χ4n) is 3.49. The maximum absolute atomic E-state index is 13.9. The van der Waals surface area contributed by atoms with Crippen LogP contribution in [0.5, 0.6) is 5.75 Å². The standard InChI is InChI=1S/C25H34FN3O3/c1-3-21(32-24-10-5-4-9-23(24)26)17-29-25(27-2)28-16-19-7-6-8-20(15-19)18-31-22-11-13-30-14-12-22/h4-10,15,21-22H,3,11-14,16-18H2,1-2H3,(H2,27,28,29). The van der Waals surface area contributed by atoms with E-state index in [1.54, 1.807) is 25.2 Å². The number of benzene rings is 2. The van der Waals surface area contributed by atoms with Gasteiger partial charge in [0.1, 0.15) is 6.10 Å². The van der Waals surface area contributed by atoms with Gasteiger partial charge in [-0.15, -0.1) is 0 Å². The molecule has 174 valence electrons. The first-order chi connectivity index (χ1) is 15.7. The predicted molar refractivity (Wildman–Crippen MR) is 124 cm³/mol. The number of hydrogen-bond donors (Lipinski definition) is 2. The summed E-state index contributed by atoms with van der Waals surface area (Å²) in [5.41, 5.74) is 2.30. The van der Waals surface area contributed by atoms with Gasteiger partial charge in [-0.1, -0.05) is 43.3 Å². The summed E-state index contributed by atoms with van der Waals surface area (Å²) in [7, 11) is 1.73. The summed E-state index contributed by atoms with van der Waals surface area (Å²) in [4.78, 5) is 4.28. The molecule has 6 nitrogen and oxygen atoms in total. The largest absolute Gasteiger partial charge is 0.486 e. The van der Waals surface area contributed by atoms with Crippen LogP contribution >= 0.6 is 0 Å². The summed E-state index contributed by atoms with van der Waals surface area (Å²) in [5, 5.41) is 6.59. The average molecular weight is 444 g/mol. The predicted octanol–water partition coefficient (Wildman–Crippen LogP) is 4.04. The quantitative estimate of drug-likeness (QED) is 0.429. The van der Waals surface area contributed by atoms with Crippen LogP contribution in [0, 0.1) is 5.82 Å². The Morgan fingerprint density at radius 3 is 2.66 bits per heavy atom. The topological polar surface area (TPSA) is 64.1 Å². The first-order valence-corrected chi connectivity index (χ1v) is 11.3. The molecule has 0 amide bonds. The Morgan fingerprint density at radius 2 is 1.91 bits per heavy atom. The molecule has 7 heteroatoms. The van der Waals surface area contributed by atoms with Crippen molar-refractivity contribution in [2.45, 2.75) is 51.5 Å². The van der Waals surface area contributed by atoms with E-state index in [2.05, 4.69) is 33.8 Å². The van der Waals surface area contributed by atoms with Gasteiger partial charge in [-0.25, -0.2) is 4.39 Å². The molecule has 1 fully saturated rings. The first kappa shape index (κ1) is 24.0. The second kappa shape index (κ2) is 13.0. The van der Waals surface area contributed by atoms with Gasteiger partial charge in [-0.2, -0.15) is 0 Å². The summed E-state index contributed by atoms with van der Waals surface area (Å²) >= 11 is 0. The molecule has 1 aliphatic heterocycles. The molecule has 0 aromatic heterocycles. The van der Waals surface area contributed by atoms with Gasteiger partial charge in [-0.3, -0.25) is 4.99 Å². The molecule has 3 rings (SSSR count). The smallest absolute Gasteiger partial charge is 0.191 e. The van der Waals surface area contributed by atoms with Crippen LogP contribution in [0.2, 0.25) is 0 Å². The Bertz CT molecular complexity index is 856. The molecule has 1 aliphatic rings. The molecular weight excluding hydrogens is 409 g/mol. The monoisotopic (exact) mass is 443 g/mol. The Balaban J connectivity index is 1.44. The Kier molecular flexibility index (Phi) is 9.78. The van der Waals surface area contributed by atoms with Crippen molar-refractivity contribution in [3.05, 3.63) is 65.5 Å². The van der Waals surface area contributed by atoms with Gasteiger partial charge in [0.15, 0.2) is 17.5 Å². The molecule has 2 aromatic carbocycles. The molecule has 0 radical (unpaired) electrons. The van der Waals surface area contributed by atoms with Crippen LogP contribution < -0.4 is 15.4 Å². The van der Waals surface area contributed by atoms with Gasteiger partial charge in [0.2, 0.25) is 0 Å². The van der Waals surface area contributed by atoms with Crippen LogP contribution in [0.4, 0.5) is 4.39 Å². The van der Waals surface area contributed by atoms with Gasteiger partial charge in [-0.05, 0) is 42.5 Å². The van der Waals surface area contributed by atoms with Crippen molar-refractivity contribution < 1.29 is 18.6 Å². The second-order valence-electron chi connectivity index (χ2n) is 7.83. The normalized spacial score (nSPS) is 15.9. The molecule has 32 heavy (non-hydrogen) atoms. The third-order valence-electron chi connectivity index (χ3n) is 5.41. The Labute approximate surface area is 190 Å². The zero-order valence-corrected chi connectivity index (χ0v) is 19.0. The number of halogens is 1. The lowest BCUT2D eigenvalue weighted by atomic mass is 10.1. The van der Waals surface area contributed by atoms with E-state index in [4.69, 9.17) is 14.2 Å². The van der Waals surface area contributed by atoms with Gasteiger partial charge in [0.25, 0.3) is 0 Å². The number of guanidine groups is 1. The highest BCUT2D eigenvalue weighted by Gasteiger charge is 2.14. The number of nitrogens with zero attached hydrogens (tertiary/aromatic N) is 1. The summed E-state index contributed by atoms with van der Waals surface area (Å²) in [6.45, 7) is 5.34. The van der Waals surface area contributed by atoms with Crippen molar-refractivity contribution in [3.63, 3.8) is 0 Å². The molecule has 0 bridgehead atoms. The third kappa shape index (κ3) is 7.80. The number of ether oxygens (including phenoxy) is 3. The van der Waals surface area contributed by atoms with E-state index in [9.17, 15) is 4.39 Å². The highest BCUT2D eigenvalue weighted by molar-refractivity contribution is 5.79. The van der Waals surface area contributed by atoms with Crippen LogP contribution in [-0.2, 0) is 22.6 Å².